The van der Waals surface area contributed by atoms with Gasteiger partial charge in [-0.3, -0.25) is 4.90 Å². The number of allylic oxidation sites excluding steroid dienone is 2. The maximum atomic E-state index is 3.45. The lowest BCUT2D eigenvalue weighted by Crippen LogP contribution is -2.46. The lowest BCUT2D eigenvalue weighted by molar-refractivity contribution is 0.155. The van der Waals surface area contributed by atoms with Crippen molar-refractivity contribution in [2.45, 2.75) is 13.8 Å². The second-order valence-corrected chi connectivity index (χ2v) is 4.57. The fraction of sp³-hybridized carbons (Fsp3) is 0.833. The van der Waals surface area contributed by atoms with Gasteiger partial charge in [0.1, 0.15) is 0 Å². The van der Waals surface area contributed by atoms with Crippen LogP contribution in [0.5, 0.6) is 0 Å². The van der Waals surface area contributed by atoms with Crippen molar-refractivity contribution in [3.8, 4) is 0 Å². The quantitative estimate of drug-likeness (QED) is 0.706. The minimum absolute atomic E-state index is 1.04. The van der Waals surface area contributed by atoms with Crippen LogP contribution in [0.3, 0.4) is 0 Å². The molecule has 0 radical (unpaired) electrons. The lowest BCUT2D eigenvalue weighted by Gasteiger charge is -2.32. The van der Waals surface area contributed by atoms with Gasteiger partial charge in [0.05, 0.1) is 0 Å². The largest absolute Gasteiger partial charge is 0.390 e. The zero-order valence-electron chi connectivity index (χ0n) is 11.1. The maximum Gasteiger partial charge on any atom is 0.0272 e. The molecule has 0 atom stereocenters. The van der Waals surface area contributed by atoms with Gasteiger partial charge in [-0.2, -0.15) is 0 Å². The van der Waals surface area contributed by atoms with Crippen molar-refractivity contribution in [3.05, 3.63) is 11.4 Å². The van der Waals surface area contributed by atoms with Crippen molar-refractivity contribution in [2.75, 3.05) is 53.4 Å². The molecule has 1 heterocycles. The van der Waals surface area contributed by atoms with Gasteiger partial charge in [-0.1, -0.05) is 0 Å². The van der Waals surface area contributed by atoms with Crippen LogP contribution in [-0.2, 0) is 0 Å². The molecule has 0 spiro atoms. The third kappa shape index (κ3) is 4.41. The molecule has 0 amide bonds. The van der Waals surface area contributed by atoms with E-state index in [2.05, 4.69) is 41.3 Å². The van der Waals surface area contributed by atoms with Crippen LogP contribution in [0, 0.1) is 0 Å². The smallest absolute Gasteiger partial charge is 0.0272 e. The van der Waals surface area contributed by atoms with Gasteiger partial charge in [-0.05, 0) is 20.9 Å². The first-order valence-corrected chi connectivity index (χ1v) is 6.13. The van der Waals surface area contributed by atoms with Gasteiger partial charge < -0.3 is 15.5 Å². The summed E-state index contributed by atoms with van der Waals surface area (Å²) in [4.78, 5) is 4.91. The molecule has 0 aromatic carbocycles. The first kappa shape index (κ1) is 13.3. The number of hydrogen-bond acceptors (Lipinski definition) is 4. The van der Waals surface area contributed by atoms with Crippen molar-refractivity contribution in [3.63, 3.8) is 0 Å². The summed E-state index contributed by atoms with van der Waals surface area (Å²) in [5.74, 6) is 0. The highest BCUT2D eigenvalue weighted by molar-refractivity contribution is 5.04. The first-order valence-electron chi connectivity index (χ1n) is 6.13. The van der Waals surface area contributed by atoms with Crippen LogP contribution < -0.4 is 10.6 Å². The van der Waals surface area contributed by atoms with E-state index in [1.807, 2.05) is 7.05 Å². The van der Waals surface area contributed by atoms with Crippen molar-refractivity contribution >= 4 is 0 Å². The Labute approximate surface area is 99.7 Å². The Morgan fingerprint density at radius 2 is 1.69 bits per heavy atom. The summed E-state index contributed by atoms with van der Waals surface area (Å²) in [6.07, 6.45) is 0. The molecule has 0 aromatic rings. The normalized spacial score (nSPS) is 20.5. The second-order valence-electron chi connectivity index (χ2n) is 4.57. The van der Waals surface area contributed by atoms with E-state index < -0.39 is 0 Å². The van der Waals surface area contributed by atoms with Crippen LogP contribution in [0.2, 0.25) is 0 Å². The van der Waals surface area contributed by atoms with Crippen molar-refractivity contribution in [1.29, 1.82) is 0 Å². The molecular formula is C12H26N4. The van der Waals surface area contributed by atoms with Crippen LogP contribution in [0.25, 0.3) is 0 Å². The van der Waals surface area contributed by atoms with Crippen LogP contribution >= 0.6 is 0 Å². The van der Waals surface area contributed by atoms with E-state index in [-0.39, 0.29) is 0 Å². The molecule has 0 aliphatic carbocycles. The summed E-state index contributed by atoms with van der Waals surface area (Å²) < 4.78 is 0. The van der Waals surface area contributed by atoms with Crippen molar-refractivity contribution in [1.82, 2.24) is 20.4 Å². The van der Waals surface area contributed by atoms with E-state index in [1.54, 1.807) is 0 Å². The highest BCUT2D eigenvalue weighted by Crippen LogP contribution is 1.98. The molecule has 4 nitrogen and oxygen atoms in total. The minimum atomic E-state index is 1.04. The number of nitrogens with one attached hydrogen (secondary N) is 2. The molecular weight excluding hydrogens is 200 g/mol. The Bertz CT molecular complexity index is 229. The van der Waals surface area contributed by atoms with Crippen molar-refractivity contribution < 1.29 is 0 Å². The number of piperazine rings is 1. The fourth-order valence-electron chi connectivity index (χ4n) is 1.79. The molecule has 0 bridgehead atoms. The number of hydrogen-bond donors (Lipinski definition) is 2. The Balaban J connectivity index is 2.16. The summed E-state index contributed by atoms with van der Waals surface area (Å²) in [5.41, 5.74) is 2.47. The van der Waals surface area contributed by atoms with Gasteiger partial charge in [-0.25, -0.2) is 0 Å². The zero-order chi connectivity index (χ0) is 12.0. The minimum Gasteiger partial charge on any atom is -0.390 e. The van der Waals surface area contributed by atoms with Gasteiger partial charge in [-0.15, -0.1) is 0 Å². The average molecular weight is 226 g/mol. The number of nitrogens with zero attached hydrogens (tertiary/aromatic N) is 2. The predicted octanol–water partition coefficient (Wildman–Crippen LogP) is 0.294. The fourth-order valence-corrected chi connectivity index (χ4v) is 1.79. The van der Waals surface area contributed by atoms with E-state index in [4.69, 9.17) is 0 Å². The second kappa shape index (κ2) is 6.76. The molecule has 0 aromatic heterocycles. The molecule has 4 heteroatoms. The Morgan fingerprint density at radius 1 is 1.06 bits per heavy atom. The molecule has 0 saturated carbocycles. The van der Waals surface area contributed by atoms with E-state index in [1.165, 1.54) is 37.6 Å². The standard InChI is InChI=1S/C12H26N4/c1-11(13-3)12(2)14-5-6-16-9-7-15(4)8-10-16/h13-14H,5-10H2,1-4H3/b12-11+. The van der Waals surface area contributed by atoms with Gasteiger partial charge >= 0.3 is 0 Å². The van der Waals surface area contributed by atoms with Crippen molar-refractivity contribution in [2.24, 2.45) is 0 Å². The molecule has 94 valence electrons. The SMILES string of the molecule is CN/C(C)=C(\C)NCCN1CCN(C)CC1. The molecule has 1 aliphatic heterocycles. The number of rotatable bonds is 5. The molecule has 1 fully saturated rings. The van der Waals surface area contributed by atoms with Crippen LogP contribution in [0.4, 0.5) is 0 Å². The third-order valence-corrected chi connectivity index (χ3v) is 3.35. The van der Waals surface area contributed by atoms with Gasteiger partial charge in [0.25, 0.3) is 0 Å². The highest BCUT2D eigenvalue weighted by atomic mass is 15.2. The zero-order valence-corrected chi connectivity index (χ0v) is 11.1. The molecule has 2 N–H and O–H groups in total. The summed E-state index contributed by atoms with van der Waals surface area (Å²) in [6.45, 7) is 11.2. The Hall–Kier alpha value is -0.740. The summed E-state index contributed by atoms with van der Waals surface area (Å²) in [7, 11) is 4.15. The summed E-state index contributed by atoms with van der Waals surface area (Å²) in [5, 5.41) is 6.61. The predicted molar refractivity (Wildman–Crippen MR) is 69.4 cm³/mol. The van der Waals surface area contributed by atoms with E-state index in [0.717, 1.165) is 13.1 Å². The van der Waals surface area contributed by atoms with E-state index in [9.17, 15) is 0 Å². The highest BCUT2D eigenvalue weighted by Gasteiger charge is 2.12. The van der Waals surface area contributed by atoms with Crippen LogP contribution in [0.1, 0.15) is 13.8 Å². The third-order valence-electron chi connectivity index (χ3n) is 3.35. The average Bonchev–Trinajstić information content (AvgIpc) is 2.30. The molecule has 1 rings (SSSR count). The van der Waals surface area contributed by atoms with Crippen LogP contribution in [0.15, 0.2) is 11.4 Å². The van der Waals surface area contributed by atoms with Gasteiger partial charge in [0.15, 0.2) is 0 Å². The topological polar surface area (TPSA) is 30.5 Å². The first-order chi connectivity index (χ1) is 7.63. The number of likely N-dealkylation sites (N-methyl/N-ethyl adjacent to an activating group) is 1. The molecule has 0 unspecified atom stereocenters. The summed E-state index contributed by atoms with van der Waals surface area (Å²) in [6, 6.07) is 0. The van der Waals surface area contributed by atoms with E-state index >= 15 is 0 Å². The molecule has 1 aliphatic rings. The maximum absolute atomic E-state index is 3.45. The monoisotopic (exact) mass is 226 g/mol. The molecule has 1 saturated heterocycles. The summed E-state index contributed by atoms with van der Waals surface area (Å²) >= 11 is 0. The van der Waals surface area contributed by atoms with E-state index in [0.29, 0.717) is 0 Å². The Morgan fingerprint density at radius 3 is 2.25 bits per heavy atom. The Kier molecular flexibility index (Phi) is 5.63. The van der Waals surface area contributed by atoms with Gasteiger partial charge in [0, 0.05) is 57.7 Å². The van der Waals surface area contributed by atoms with Crippen LogP contribution in [-0.4, -0.2) is 63.2 Å². The molecule has 16 heavy (non-hydrogen) atoms. The van der Waals surface area contributed by atoms with Gasteiger partial charge in [0.2, 0.25) is 0 Å². The lowest BCUT2D eigenvalue weighted by atomic mass is 10.3.